The molecule has 1 aromatic carbocycles. The van der Waals surface area contributed by atoms with Gasteiger partial charge in [-0.25, -0.2) is 0 Å². The maximum atomic E-state index is 14.6. The maximum Gasteiger partial charge on any atom is 0.312 e. The van der Waals surface area contributed by atoms with Crippen LogP contribution in [0.4, 0.5) is 5.69 Å². The minimum absolute atomic E-state index is 0.0872. The summed E-state index contributed by atoms with van der Waals surface area (Å²) in [6.07, 6.45) is 7.08. The van der Waals surface area contributed by atoms with E-state index in [1.54, 1.807) is 42.4 Å². The van der Waals surface area contributed by atoms with Gasteiger partial charge in [0.25, 0.3) is 5.91 Å². The van der Waals surface area contributed by atoms with Crippen molar-refractivity contribution in [2.24, 2.45) is 17.8 Å². The fourth-order valence-corrected chi connectivity index (χ4v) is 6.83. The minimum atomic E-state index is -1.18. The molecule has 2 unspecified atom stereocenters. The second-order valence-electron chi connectivity index (χ2n) is 11.3. The topological polar surface area (TPSA) is 106 Å². The number of carbonyl (C=O) groups is 3. The van der Waals surface area contributed by atoms with E-state index in [4.69, 9.17) is 14.2 Å². The van der Waals surface area contributed by atoms with Crippen LogP contribution in [0.5, 0.6) is 5.75 Å². The molecule has 2 bridgehead atoms. The summed E-state index contributed by atoms with van der Waals surface area (Å²) in [6.45, 7) is 11.7. The van der Waals surface area contributed by atoms with Gasteiger partial charge in [-0.15, -0.1) is 13.2 Å². The molecule has 3 heterocycles. The lowest BCUT2D eigenvalue weighted by atomic mass is 9.70. The molecule has 41 heavy (non-hydrogen) atoms. The zero-order valence-corrected chi connectivity index (χ0v) is 24.5. The summed E-state index contributed by atoms with van der Waals surface area (Å²) < 4.78 is 17.5. The number of rotatable bonds is 15. The summed E-state index contributed by atoms with van der Waals surface area (Å²) in [5.41, 5.74) is -0.562. The Morgan fingerprint density at radius 1 is 1.24 bits per heavy atom. The lowest BCUT2D eigenvalue weighted by Crippen LogP contribution is -2.60. The monoisotopic (exact) mass is 568 g/mol. The number of aliphatic hydroxyl groups is 1. The Bertz CT molecular complexity index is 1120. The molecule has 3 saturated heterocycles. The van der Waals surface area contributed by atoms with E-state index in [0.29, 0.717) is 37.1 Å². The number of ether oxygens (including phenoxy) is 3. The predicted molar refractivity (Wildman–Crippen MR) is 155 cm³/mol. The molecule has 0 aromatic heterocycles. The largest absolute Gasteiger partial charge is 0.497 e. The molecule has 3 aliphatic heterocycles. The van der Waals surface area contributed by atoms with Crippen molar-refractivity contribution in [2.45, 2.75) is 76.2 Å². The van der Waals surface area contributed by atoms with Crippen molar-refractivity contribution in [3.8, 4) is 5.75 Å². The second kappa shape index (κ2) is 13.2. The van der Waals surface area contributed by atoms with Crippen LogP contribution in [0.25, 0.3) is 0 Å². The highest BCUT2D eigenvalue weighted by Gasteiger charge is 2.75. The summed E-state index contributed by atoms with van der Waals surface area (Å²) in [5, 5.41) is 10.5. The first-order valence-electron chi connectivity index (χ1n) is 14.7. The number of likely N-dealkylation sites (tertiary alicyclic amines) is 1. The van der Waals surface area contributed by atoms with E-state index in [-0.39, 0.29) is 37.5 Å². The number of carbonyl (C=O) groups excluding carboxylic acids is 3. The number of nitrogens with zero attached hydrogens (tertiary/aromatic N) is 2. The van der Waals surface area contributed by atoms with Crippen LogP contribution in [0, 0.1) is 17.8 Å². The van der Waals surface area contributed by atoms with Crippen LogP contribution < -0.4 is 9.64 Å². The highest BCUT2D eigenvalue weighted by atomic mass is 16.6. The van der Waals surface area contributed by atoms with Crippen molar-refractivity contribution in [3.05, 3.63) is 49.6 Å². The number of hydrogen-bond donors (Lipinski definition) is 1. The minimum Gasteiger partial charge on any atom is -0.497 e. The van der Waals surface area contributed by atoms with Crippen molar-refractivity contribution < 1.29 is 33.7 Å². The van der Waals surface area contributed by atoms with Gasteiger partial charge in [0.2, 0.25) is 5.91 Å². The molecule has 1 spiro atoms. The number of esters is 1. The standard InChI is InChI=1S/C32H44N2O7/c1-6-9-10-11-19-40-31(38)26-25-16-17-32(41-25)27(26)29(36)34(24(20-35)21(4)8-3)28(32)30(37)33(18-7-2)22-12-14-23(39-5)15-13-22/h6-7,12-15,21,24-28,35H,1-2,8-11,16-20H2,3-5H3/t21-,24-,25-,26+,27-,28?,32?/m0/s1. The molecule has 3 fully saturated rings. The third-order valence-electron chi connectivity index (χ3n) is 9.10. The SMILES string of the molecule is C=CCCCCOC(=O)[C@@H]1[C@@H]2CCC3(O2)C(C(=O)N(CC=C)c2ccc(OC)cc2)N([C@@H](CO)[C@@H](C)CC)C(=O)[C@H]13. The Kier molecular flexibility index (Phi) is 9.92. The lowest BCUT2D eigenvalue weighted by molar-refractivity contribution is -0.156. The third-order valence-corrected chi connectivity index (χ3v) is 9.10. The van der Waals surface area contributed by atoms with E-state index in [1.165, 1.54) is 4.90 Å². The Hall–Kier alpha value is -3.17. The number of allylic oxidation sites excluding steroid dienone is 1. The summed E-state index contributed by atoms with van der Waals surface area (Å²) in [6, 6.07) is 5.49. The molecule has 0 aliphatic carbocycles. The van der Waals surface area contributed by atoms with Gasteiger partial charge in [-0.1, -0.05) is 32.4 Å². The molecule has 7 atom stereocenters. The summed E-state index contributed by atoms with van der Waals surface area (Å²) in [5.74, 6) is -2.19. The van der Waals surface area contributed by atoms with Gasteiger partial charge in [0.05, 0.1) is 44.3 Å². The number of hydrogen-bond acceptors (Lipinski definition) is 7. The first-order valence-corrected chi connectivity index (χ1v) is 14.7. The number of fused-ring (bicyclic) bond motifs is 1. The van der Waals surface area contributed by atoms with Crippen molar-refractivity contribution in [2.75, 3.05) is 31.8 Å². The quantitative estimate of drug-likeness (QED) is 0.194. The van der Waals surface area contributed by atoms with Crippen LogP contribution in [0.15, 0.2) is 49.6 Å². The first-order chi connectivity index (χ1) is 19.8. The summed E-state index contributed by atoms with van der Waals surface area (Å²) in [7, 11) is 1.57. The van der Waals surface area contributed by atoms with Crippen LogP contribution in [0.3, 0.4) is 0 Å². The van der Waals surface area contributed by atoms with Gasteiger partial charge >= 0.3 is 5.97 Å². The Morgan fingerprint density at radius 3 is 2.59 bits per heavy atom. The number of benzene rings is 1. The molecule has 3 aliphatic rings. The van der Waals surface area contributed by atoms with Crippen molar-refractivity contribution >= 4 is 23.5 Å². The zero-order valence-electron chi connectivity index (χ0n) is 24.5. The highest BCUT2D eigenvalue weighted by molar-refractivity contribution is 6.04. The second-order valence-corrected chi connectivity index (χ2v) is 11.3. The molecule has 0 saturated carbocycles. The van der Waals surface area contributed by atoms with Gasteiger partial charge in [0.1, 0.15) is 17.4 Å². The van der Waals surface area contributed by atoms with E-state index in [2.05, 4.69) is 13.2 Å². The Balaban J connectivity index is 1.72. The van der Waals surface area contributed by atoms with Crippen LogP contribution in [0.1, 0.15) is 52.4 Å². The van der Waals surface area contributed by atoms with Crippen molar-refractivity contribution in [3.63, 3.8) is 0 Å². The van der Waals surface area contributed by atoms with Gasteiger partial charge in [-0.3, -0.25) is 14.4 Å². The van der Waals surface area contributed by atoms with E-state index in [1.807, 2.05) is 19.9 Å². The van der Waals surface area contributed by atoms with E-state index in [0.717, 1.165) is 12.8 Å². The molecule has 1 N–H and O–H groups in total. The average molecular weight is 569 g/mol. The van der Waals surface area contributed by atoms with Gasteiger partial charge in [0.15, 0.2) is 0 Å². The molecule has 9 heteroatoms. The van der Waals surface area contributed by atoms with Crippen molar-refractivity contribution in [1.82, 2.24) is 4.90 Å². The van der Waals surface area contributed by atoms with Crippen LogP contribution in [0.2, 0.25) is 0 Å². The summed E-state index contributed by atoms with van der Waals surface area (Å²) in [4.78, 5) is 45.5. The number of amides is 2. The molecule has 1 aromatic rings. The van der Waals surface area contributed by atoms with Gasteiger partial charge < -0.3 is 29.1 Å². The fraction of sp³-hybridized carbons (Fsp3) is 0.594. The van der Waals surface area contributed by atoms with E-state index < -0.39 is 41.6 Å². The molecular weight excluding hydrogens is 524 g/mol. The number of aliphatic hydroxyl groups excluding tert-OH is 1. The number of anilines is 1. The van der Waals surface area contributed by atoms with Crippen molar-refractivity contribution in [1.29, 1.82) is 0 Å². The molecule has 224 valence electrons. The number of unbranched alkanes of at least 4 members (excludes halogenated alkanes) is 2. The number of methoxy groups -OCH3 is 1. The molecule has 9 nitrogen and oxygen atoms in total. The van der Waals surface area contributed by atoms with Gasteiger partial charge in [0, 0.05) is 12.2 Å². The smallest absolute Gasteiger partial charge is 0.312 e. The average Bonchev–Trinajstić information content (AvgIpc) is 3.63. The zero-order chi connectivity index (χ0) is 29.7. The summed E-state index contributed by atoms with van der Waals surface area (Å²) >= 11 is 0. The van der Waals surface area contributed by atoms with Crippen LogP contribution in [-0.4, -0.2) is 78.4 Å². The Morgan fingerprint density at radius 2 is 1.98 bits per heavy atom. The van der Waals surface area contributed by atoms with Crippen LogP contribution >= 0.6 is 0 Å². The van der Waals surface area contributed by atoms with E-state index >= 15 is 0 Å². The van der Waals surface area contributed by atoms with Crippen LogP contribution in [-0.2, 0) is 23.9 Å². The molecule has 0 radical (unpaired) electrons. The fourth-order valence-electron chi connectivity index (χ4n) is 6.83. The lowest BCUT2D eigenvalue weighted by Gasteiger charge is -2.40. The third kappa shape index (κ3) is 5.54. The Labute approximate surface area is 243 Å². The normalized spacial score (nSPS) is 27.7. The molecular formula is C32H44N2O7. The molecule has 2 amide bonds. The maximum absolute atomic E-state index is 14.6. The predicted octanol–water partition coefficient (Wildman–Crippen LogP) is 3.90. The van der Waals surface area contributed by atoms with Gasteiger partial charge in [-0.05, 0) is 62.3 Å². The molecule has 4 rings (SSSR count). The highest BCUT2D eigenvalue weighted by Crippen LogP contribution is 2.59. The van der Waals surface area contributed by atoms with Gasteiger partial charge in [-0.2, -0.15) is 0 Å². The first kappa shape index (κ1) is 30.8. The van der Waals surface area contributed by atoms with E-state index in [9.17, 15) is 19.5 Å².